The van der Waals surface area contributed by atoms with E-state index in [1.807, 2.05) is 0 Å². The fourth-order valence-electron chi connectivity index (χ4n) is 1.12. The Kier molecular flexibility index (Phi) is 5.20. The molecule has 0 saturated heterocycles. The summed E-state index contributed by atoms with van der Waals surface area (Å²) in [6.45, 7) is 4.81. The van der Waals surface area contributed by atoms with E-state index in [-0.39, 0.29) is 11.3 Å². The van der Waals surface area contributed by atoms with Gasteiger partial charge in [0.15, 0.2) is 0 Å². The van der Waals surface area contributed by atoms with Crippen LogP contribution in [0.25, 0.3) is 0 Å². The molecular weight excluding hydrogens is 325 g/mol. The molecule has 21 heavy (non-hydrogen) atoms. The molecule has 0 aliphatic carbocycles. The molecular formula is C11H12FNO6S2. The quantitative estimate of drug-likeness (QED) is 0.465. The van der Waals surface area contributed by atoms with Crippen LogP contribution in [0.4, 0.5) is 4.39 Å². The van der Waals surface area contributed by atoms with E-state index in [0.29, 0.717) is 0 Å². The van der Waals surface area contributed by atoms with E-state index in [1.54, 1.807) is 0 Å². The maximum atomic E-state index is 12.1. The lowest BCUT2D eigenvalue weighted by Gasteiger charge is -2.07. The monoisotopic (exact) mass is 337 g/mol. The van der Waals surface area contributed by atoms with Crippen LogP contribution in [0.1, 0.15) is 6.92 Å². The van der Waals surface area contributed by atoms with Gasteiger partial charge in [-0.05, 0) is 31.2 Å². The van der Waals surface area contributed by atoms with Crippen LogP contribution in [0.2, 0.25) is 0 Å². The summed E-state index contributed by atoms with van der Waals surface area (Å²) in [5.74, 6) is -0.640. The van der Waals surface area contributed by atoms with E-state index >= 15 is 0 Å². The van der Waals surface area contributed by atoms with Crippen LogP contribution >= 0.6 is 0 Å². The van der Waals surface area contributed by atoms with Gasteiger partial charge in [0.05, 0.1) is 4.90 Å². The van der Waals surface area contributed by atoms with E-state index in [0.717, 1.165) is 24.3 Å². The first-order valence-corrected chi connectivity index (χ1v) is 8.51. The first-order chi connectivity index (χ1) is 9.57. The number of rotatable bonds is 6. The van der Waals surface area contributed by atoms with Crippen LogP contribution in [0.3, 0.4) is 0 Å². The number of halogens is 1. The van der Waals surface area contributed by atoms with Crippen LogP contribution in [-0.4, -0.2) is 28.8 Å². The van der Waals surface area contributed by atoms with Gasteiger partial charge in [-0.3, -0.25) is 0 Å². The van der Waals surface area contributed by atoms with Gasteiger partial charge < -0.3 is 4.74 Å². The smallest absolute Gasteiger partial charge is 0.338 e. The molecule has 0 atom stereocenters. The number of carbonyl (C=O) groups excluding carboxylic acids is 1. The zero-order chi connectivity index (χ0) is 16.3. The fourth-order valence-corrected chi connectivity index (χ4v) is 3.51. The summed E-state index contributed by atoms with van der Waals surface area (Å²) in [4.78, 5) is 10.8. The zero-order valence-electron chi connectivity index (χ0n) is 10.9. The third-order valence-corrected chi connectivity index (χ3v) is 5.15. The average molecular weight is 337 g/mol. The van der Waals surface area contributed by atoms with Gasteiger partial charge in [-0.1, -0.05) is 6.58 Å². The molecule has 0 aliphatic rings. The topological polar surface area (TPSA) is 107 Å². The van der Waals surface area contributed by atoms with Gasteiger partial charge in [-0.25, -0.2) is 26.0 Å². The van der Waals surface area contributed by atoms with Crippen LogP contribution < -0.4 is 8.86 Å². The van der Waals surface area contributed by atoms with Crippen molar-refractivity contribution >= 4 is 26.0 Å². The summed E-state index contributed by atoms with van der Waals surface area (Å²) in [5.41, 5.74) is 0.155. The number of alkyl halides is 1. The number of esters is 1. The third kappa shape index (κ3) is 4.92. The average Bonchev–Trinajstić information content (AvgIpc) is 2.38. The second-order valence-corrected chi connectivity index (χ2v) is 7.54. The van der Waals surface area contributed by atoms with E-state index in [2.05, 4.69) is 6.58 Å². The second kappa shape index (κ2) is 6.33. The van der Waals surface area contributed by atoms with Crippen molar-refractivity contribution in [1.29, 1.82) is 0 Å². The highest BCUT2D eigenvalue weighted by molar-refractivity contribution is 8.04. The minimum Gasteiger partial charge on any atom is -0.423 e. The van der Waals surface area contributed by atoms with Crippen molar-refractivity contribution < 1.29 is 30.8 Å². The number of carbonyl (C=O) groups is 1. The Balaban J connectivity index is 2.97. The molecule has 0 aromatic heterocycles. The Hall–Kier alpha value is -1.78. The second-order valence-electron chi connectivity index (χ2n) is 3.95. The number of nitrogens with one attached hydrogen (secondary N) is 1. The standard InChI is InChI=1S/C11H12FNO6S2/c1-8(2)11(14)19-9-3-5-10(6-4-9)21(17,18)13-20(15,16)7-12/h3-6,13H,1,7H2,2H3. The number of sulfonamides is 2. The highest BCUT2D eigenvalue weighted by Gasteiger charge is 2.22. The van der Waals surface area contributed by atoms with Crippen molar-refractivity contribution in [2.24, 2.45) is 0 Å². The Morgan fingerprint density at radius 3 is 2.19 bits per heavy atom. The lowest BCUT2D eigenvalue weighted by atomic mass is 10.3. The summed E-state index contributed by atoms with van der Waals surface area (Å²) >= 11 is 0. The van der Waals surface area contributed by atoms with Crippen molar-refractivity contribution in [2.45, 2.75) is 11.8 Å². The van der Waals surface area contributed by atoms with Crippen LogP contribution in [-0.2, 0) is 24.8 Å². The minimum absolute atomic E-state index is 0.0512. The molecule has 0 radical (unpaired) electrons. The Bertz CT molecular complexity index is 752. The number of hydrogen-bond donors (Lipinski definition) is 1. The molecule has 0 aliphatic heterocycles. The predicted octanol–water partition coefficient (Wildman–Crippen LogP) is 0.703. The van der Waals surface area contributed by atoms with Crippen molar-refractivity contribution in [3.63, 3.8) is 0 Å². The molecule has 1 aromatic rings. The van der Waals surface area contributed by atoms with Gasteiger partial charge in [0.1, 0.15) is 5.75 Å². The Morgan fingerprint density at radius 1 is 1.24 bits per heavy atom. The Morgan fingerprint density at radius 2 is 1.76 bits per heavy atom. The van der Waals surface area contributed by atoms with Crippen LogP contribution in [0.5, 0.6) is 5.75 Å². The van der Waals surface area contributed by atoms with Crippen molar-refractivity contribution in [3.05, 3.63) is 36.4 Å². The van der Waals surface area contributed by atoms with Crippen molar-refractivity contribution in [3.8, 4) is 5.75 Å². The van der Waals surface area contributed by atoms with Gasteiger partial charge in [-0.2, -0.15) is 0 Å². The molecule has 0 spiro atoms. The maximum absolute atomic E-state index is 12.1. The molecule has 1 N–H and O–H groups in total. The first-order valence-electron chi connectivity index (χ1n) is 5.37. The molecule has 10 heteroatoms. The van der Waals surface area contributed by atoms with Crippen LogP contribution in [0, 0.1) is 0 Å². The molecule has 0 amide bonds. The highest BCUT2D eigenvalue weighted by Crippen LogP contribution is 2.17. The fraction of sp³-hybridized carbons (Fsp3) is 0.182. The molecule has 116 valence electrons. The predicted molar refractivity (Wildman–Crippen MR) is 72.1 cm³/mol. The minimum atomic E-state index is -4.57. The lowest BCUT2D eigenvalue weighted by Crippen LogP contribution is -2.31. The van der Waals surface area contributed by atoms with E-state index in [9.17, 15) is 26.0 Å². The first kappa shape index (κ1) is 17.3. The van der Waals surface area contributed by atoms with E-state index in [4.69, 9.17) is 4.74 Å². The summed E-state index contributed by atoms with van der Waals surface area (Å²) < 4.78 is 63.4. The summed E-state index contributed by atoms with van der Waals surface area (Å²) in [6, 6.07) is 2.46. The molecule has 0 heterocycles. The largest absolute Gasteiger partial charge is 0.423 e. The molecule has 1 rings (SSSR count). The van der Waals surface area contributed by atoms with Gasteiger partial charge in [0.25, 0.3) is 20.0 Å². The summed E-state index contributed by atoms with van der Waals surface area (Å²) in [7, 11) is -8.99. The summed E-state index contributed by atoms with van der Waals surface area (Å²) in [6.07, 6.45) is 0. The lowest BCUT2D eigenvalue weighted by molar-refractivity contribution is -0.130. The van der Waals surface area contributed by atoms with Crippen molar-refractivity contribution in [1.82, 2.24) is 4.13 Å². The number of ether oxygens (including phenoxy) is 1. The van der Waals surface area contributed by atoms with Gasteiger partial charge in [-0.15, -0.1) is 4.13 Å². The van der Waals surface area contributed by atoms with Gasteiger partial charge in [0.2, 0.25) is 6.01 Å². The van der Waals surface area contributed by atoms with Crippen LogP contribution in [0.15, 0.2) is 41.3 Å². The SMILES string of the molecule is C=C(C)C(=O)Oc1ccc(S(=O)(=O)NS(=O)(=O)CF)cc1. The molecule has 1 aromatic carbocycles. The van der Waals surface area contributed by atoms with E-state index < -0.39 is 36.9 Å². The normalized spacial score (nSPS) is 11.9. The molecule has 0 bridgehead atoms. The summed E-state index contributed by atoms with van der Waals surface area (Å²) in [5, 5.41) is 0. The number of hydrogen-bond acceptors (Lipinski definition) is 6. The maximum Gasteiger partial charge on any atom is 0.338 e. The number of benzene rings is 1. The highest BCUT2D eigenvalue weighted by atomic mass is 32.3. The molecule has 7 nitrogen and oxygen atoms in total. The van der Waals surface area contributed by atoms with Crippen molar-refractivity contribution in [2.75, 3.05) is 6.01 Å². The van der Waals surface area contributed by atoms with E-state index in [1.165, 1.54) is 11.1 Å². The molecule has 0 fully saturated rings. The zero-order valence-corrected chi connectivity index (χ0v) is 12.5. The van der Waals surface area contributed by atoms with Gasteiger partial charge >= 0.3 is 5.97 Å². The Labute approximate surface area is 121 Å². The third-order valence-electron chi connectivity index (χ3n) is 2.07. The molecule has 0 unspecified atom stereocenters. The van der Waals surface area contributed by atoms with Gasteiger partial charge in [0, 0.05) is 5.57 Å². The molecule has 0 saturated carbocycles.